The van der Waals surface area contributed by atoms with Gasteiger partial charge in [-0.15, -0.1) is 0 Å². The maximum atomic E-state index is 12.7. The standard InChI is InChI=1S/C20H21N5O4/c1-14-8-15(2)10-17(9-14)29-7-6-23(3)20(26)16-4-5-18(19(11-16)25(27)28)24-13-21-12-22-24/h4-5,8-13H,6-7H2,1-3H3. The molecule has 0 fully saturated rings. The van der Waals surface area contributed by atoms with Crippen molar-refractivity contribution in [2.24, 2.45) is 0 Å². The van der Waals surface area contributed by atoms with E-state index in [1.54, 1.807) is 7.05 Å². The highest BCUT2D eigenvalue weighted by atomic mass is 16.6. The van der Waals surface area contributed by atoms with Crippen LogP contribution in [0.5, 0.6) is 5.75 Å². The lowest BCUT2D eigenvalue weighted by Crippen LogP contribution is -2.31. The average molecular weight is 395 g/mol. The van der Waals surface area contributed by atoms with Gasteiger partial charge in [0.15, 0.2) is 0 Å². The van der Waals surface area contributed by atoms with Crippen molar-refractivity contribution in [2.45, 2.75) is 13.8 Å². The Kier molecular flexibility index (Phi) is 5.87. The Bertz CT molecular complexity index is 1010. The summed E-state index contributed by atoms with van der Waals surface area (Å²) in [5.41, 5.74) is 2.44. The number of nitrogens with zero attached hydrogens (tertiary/aromatic N) is 5. The quantitative estimate of drug-likeness (QED) is 0.450. The number of aromatic nitrogens is 3. The second-order valence-electron chi connectivity index (χ2n) is 6.70. The van der Waals surface area contributed by atoms with E-state index in [1.165, 1.54) is 40.4 Å². The van der Waals surface area contributed by atoms with Crippen LogP contribution in [-0.4, -0.2) is 50.7 Å². The summed E-state index contributed by atoms with van der Waals surface area (Å²) in [5, 5.41) is 15.4. The molecule has 3 aromatic rings. The third-order valence-electron chi connectivity index (χ3n) is 4.32. The van der Waals surface area contributed by atoms with E-state index in [0.29, 0.717) is 13.2 Å². The molecule has 0 unspecified atom stereocenters. The van der Waals surface area contributed by atoms with Gasteiger partial charge in [0.25, 0.3) is 11.6 Å². The summed E-state index contributed by atoms with van der Waals surface area (Å²) >= 11 is 0. The first-order valence-corrected chi connectivity index (χ1v) is 8.95. The van der Waals surface area contributed by atoms with Crippen LogP contribution in [0.15, 0.2) is 49.1 Å². The van der Waals surface area contributed by atoms with E-state index in [0.717, 1.165) is 16.9 Å². The summed E-state index contributed by atoms with van der Waals surface area (Å²) in [6, 6.07) is 10.2. The van der Waals surface area contributed by atoms with Crippen molar-refractivity contribution >= 4 is 11.6 Å². The molecule has 0 aliphatic carbocycles. The molecule has 0 atom stereocenters. The first-order chi connectivity index (χ1) is 13.8. The largest absolute Gasteiger partial charge is 0.492 e. The van der Waals surface area contributed by atoms with Crippen molar-refractivity contribution in [3.05, 3.63) is 75.9 Å². The molecule has 9 nitrogen and oxygen atoms in total. The predicted molar refractivity (Wildman–Crippen MR) is 106 cm³/mol. The SMILES string of the molecule is Cc1cc(C)cc(OCCN(C)C(=O)c2ccc(-n3cncn3)c([N+](=O)[O-])c2)c1. The van der Waals surface area contributed by atoms with E-state index >= 15 is 0 Å². The number of carbonyl (C=O) groups is 1. The summed E-state index contributed by atoms with van der Waals surface area (Å²) in [5.74, 6) is 0.415. The third kappa shape index (κ3) is 4.75. The zero-order valence-electron chi connectivity index (χ0n) is 16.4. The van der Waals surface area contributed by atoms with Crippen LogP contribution in [0.25, 0.3) is 5.69 Å². The zero-order chi connectivity index (χ0) is 21.0. The molecule has 0 saturated heterocycles. The van der Waals surface area contributed by atoms with Crippen molar-refractivity contribution < 1.29 is 14.5 Å². The number of aryl methyl sites for hydroxylation is 2. The Balaban J connectivity index is 1.69. The van der Waals surface area contributed by atoms with E-state index in [1.807, 2.05) is 26.0 Å². The van der Waals surface area contributed by atoms with Crippen LogP contribution in [0.4, 0.5) is 5.69 Å². The number of amides is 1. The Morgan fingerprint density at radius 2 is 1.93 bits per heavy atom. The Morgan fingerprint density at radius 1 is 1.21 bits per heavy atom. The predicted octanol–water partition coefficient (Wildman–Crippen LogP) is 2.94. The highest BCUT2D eigenvalue weighted by molar-refractivity contribution is 5.95. The van der Waals surface area contributed by atoms with E-state index < -0.39 is 4.92 Å². The smallest absolute Gasteiger partial charge is 0.295 e. The molecule has 1 heterocycles. The lowest BCUT2D eigenvalue weighted by atomic mass is 10.1. The molecular weight excluding hydrogens is 374 g/mol. The van der Waals surface area contributed by atoms with Crippen molar-refractivity contribution in [3.63, 3.8) is 0 Å². The van der Waals surface area contributed by atoms with Crippen LogP contribution in [0.1, 0.15) is 21.5 Å². The van der Waals surface area contributed by atoms with Crippen LogP contribution in [-0.2, 0) is 0 Å². The van der Waals surface area contributed by atoms with E-state index in [-0.39, 0.29) is 22.8 Å². The summed E-state index contributed by atoms with van der Waals surface area (Å²) in [4.78, 5) is 28.8. The minimum Gasteiger partial charge on any atom is -0.492 e. The maximum Gasteiger partial charge on any atom is 0.295 e. The molecule has 0 N–H and O–H groups in total. The number of likely N-dealkylation sites (N-methyl/N-ethyl adjacent to an activating group) is 1. The van der Waals surface area contributed by atoms with Crippen molar-refractivity contribution in [1.82, 2.24) is 19.7 Å². The van der Waals surface area contributed by atoms with Gasteiger partial charge in [-0.1, -0.05) is 6.07 Å². The molecule has 0 aliphatic rings. The number of nitro benzene ring substituents is 1. The molecule has 150 valence electrons. The molecule has 2 aromatic carbocycles. The first kappa shape index (κ1) is 20.0. The van der Waals surface area contributed by atoms with Gasteiger partial charge in [0.05, 0.1) is 11.5 Å². The van der Waals surface area contributed by atoms with Gasteiger partial charge < -0.3 is 9.64 Å². The zero-order valence-corrected chi connectivity index (χ0v) is 16.4. The Labute approximate surface area is 167 Å². The maximum absolute atomic E-state index is 12.7. The number of hydrogen-bond acceptors (Lipinski definition) is 6. The number of carbonyl (C=O) groups excluding carboxylic acids is 1. The molecule has 3 rings (SSSR count). The summed E-state index contributed by atoms with van der Waals surface area (Å²) < 4.78 is 7.02. The monoisotopic (exact) mass is 395 g/mol. The fourth-order valence-electron chi connectivity index (χ4n) is 2.97. The van der Waals surface area contributed by atoms with Gasteiger partial charge in [0.1, 0.15) is 30.7 Å². The normalized spacial score (nSPS) is 10.6. The van der Waals surface area contributed by atoms with Gasteiger partial charge in [-0.2, -0.15) is 5.10 Å². The fraction of sp³-hybridized carbons (Fsp3) is 0.250. The van der Waals surface area contributed by atoms with E-state index in [2.05, 4.69) is 16.1 Å². The molecule has 1 amide bonds. The summed E-state index contributed by atoms with van der Waals surface area (Å²) in [6.45, 7) is 4.63. The Hall–Kier alpha value is -3.75. The summed E-state index contributed by atoms with van der Waals surface area (Å²) in [6.07, 6.45) is 2.65. The number of ether oxygens (including phenoxy) is 1. The van der Waals surface area contributed by atoms with Gasteiger partial charge >= 0.3 is 0 Å². The van der Waals surface area contributed by atoms with Gasteiger partial charge in [0, 0.05) is 18.7 Å². The lowest BCUT2D eigenvalue weighted by molar-refractivity contribution is -0.384. The van der Waals surface area contributed by atoms with Crippen molar-refractivity contribution in [3.8, 4) is 11.4 Å². The van der Waals surface area contributed by atoms with E-state index in [4.69, 9.17) is 4.74 Å². The van der Waals surface area contributed by atoms with Crippen LogP contribution >= 0.6 is 0 Å². The second-order valence-corrected chi connectivity index (χ2v) is 6.70. The molecule has 0 aliphatic heterocycles. The topological polar surface area (TPSA) is 103 Å². The molecule has 1 aromatic heterocycles. The van der Waals surface area contributed by atoms with Crippen LogP contribution in [0, 0.1) is 24.0 Å². The lowest BCUT2D eigenvalue weighted by Gasteiger charge is -2.18. The van der Waals surface area contributed by atoms with Crippen molar-refractivity contribution in [1.29, 1.82) is 0 Å². The fourth-order valence-corrected chi connectivity index (χ4v) is 2.97. The summed E-state index contributed by atoms with van der Waals surface area (Å²) in [7, 11) is 1.63. The molecule has 29 heavy (non-hydrogen) atoms. The van der Waals surface area contributed by atoms with Gasteiger partial charge in [0.2, 0.25) is 0 Å². The molecule has 9 heteroatoms. The second kappa shape index (κ2) is 8.51. The van der Waals surface area contributed by atoms with Crippen LogP contribution < -0.4 is 4.74 Å². The highest BCUT2D eigenvalue weighted by Crippen LogP contribution is 2.24. The van der Waals surface area contributed by atoms with Crippen molar-refractivity contribution in [2.75, 3.05) is 20.2 Å². The highest BCUT2D eigenvalue weighted by Gasteiger charge is 2.21. The van der Waals surface area contributed by atoms with E-state index in [9.17, 15) is 14.9 Å². The van der Waals surface area contributed by atoms with Crippen LogP contribution in [0.2, 0.25) is 0 Å². The molecule has 0 spiro atoms. The number of rotatable bonds is 7. The number of benzene rings is 2. The van der Waals surface area contributed by atoms with Gasteiger partial charge in [-0.25, -0.2) is 9.67 Å². The van der Waals surface area contributed by atoms with Gasteiger partial charge in [-0.05, 0) is 49.2 Å². The first-order valence-electron chi connectivity index (χ1n) is 8.95. The number of nitro groups is 1. The molecule has 0 saturated carbocycles. The van der Waals surface area contributed by atoms with Gasteiger partial charge in [-0.3, -0.25) is 14.9 Å². The molecule has 0 radical (unpaired) electrons. The third-order valence-corrected chi connectivity index (χ3v) is 4.32. The molecule has 0 bridgehead atoms. The van der Waals surface area contributed by atoms with Crippen LogP contribution in [0.3, 0.4) is 0 Å². The average Bonchev–Trinajstić information content (AvgIpc) is 3.20. The number of hydrogen-bond donors (Lipinski definition) is 0. The molecular formula is C20H21N5O4. The minimum absolute atomic E-state index is 0.217. The Morgan fingerprint density at radius 3 is 2.55 bits per heavy atom. The minimum atomic E-state index is -0.545.